The van der Waals surface area contributed by atoms with Gasteiger partial charge in [0.2, 0.25) is 5.95 Å². The topological polar surface area (TPSA) is 98.3 Å². The Labute approximate surface area is 226 Å². The van der Waals surface area contributed by atoms with E-state index in [9.17, 15) is 4.21 Å². The second-order valence-electron chi connectivity index (χ2n) is 9.77. The normalized spacial score (nSPS) is 23.0. The van der Waals surface area contributed by atoms with Gasteiger partial charge in [0.05, 0.1) is 12.8 Å². The van der Waals surface area contributed by atoms with Crippen LogP contribution in [0.15, 0.2) is 48.9 Å². The Morgan fingerprint density at radius 2 is 1.76 bits per heavy atom. The molecule has 0 aliphatic carbocycles. The summed E-state index contributed by atoms with van der Waals surface area (Å²) in [7, 11) is 0.356. The molecule has 2 atom stereocenters. The summed E-state index contributed by atoms with van der Waals surface area (Å²) >= 11 is 0. The number of benzene rings is 1. The van der Waals surface area contributed by atoms with Crippen molar-refractivity contribution in [3.8, 4) is 16.9 Å². The third-order valence-electron chi connectivity index (χ3n) is 7.45. The second kappa shape index (κ2) is 12.5. The average Bonchev–Trinajstić information content (AvgIpc) is 3.00. The monoisotopic (exact) mass is 543 g/mol. The molecule has 0 spiro atoms. The number of anilines is 1. The van der Waals surface area contributed by atoms with Gasteiger partial charge in [0.1, 0.15) is 21.5 Å². The maximum Gasteiger partial charge on any atom is 0.225 e. The van der Waals surface area contributed by atoms with E-state index in [1.807, 2.05) is 41.0 Å². The van der Waals surface area contributed by atoms with Crippen molar-refractivity contribution in [3.05, 3.63) is 48.9 Å². The molecule has 1 N–H and O–H groups in total. The third kappa shape index (κ3) is 6.02. The zero-order valence-electron chi connectivity index (χ0n) is 22.0. The van der Waals surface area contributed by atoms with E-state index in [-0.39, 0.29) is 6.29 Å². The Balaban J connectivity index is 1.19. The van der Waals surface area contributed by atoms with Crippen LogP contribution in [0.25, 0.3) is 11.1 Å². The van der Waals surface area contributed by atoms with Crippen LogP contribution in [-0.4, -0.2) is 82.6 Å². The maximum absolute atomic E-state index is 14.0. The fourth-order valence-electron chi connectivity index (χ4n) is 5.04. The number of rotatable bonds is 9. The van der Waals surface area contributed by atoms with E-state index in [1.54, 1.807) is 7.11 Å². The van der Waals surface area contributed by atoms with Gasteiger partial charge in [0, 0.05) is 70.4 Å². The number of hydroxylamine groups is 1. The highest BCUT2D eigenvalue weighted by molar-refractivity contribution is 7.84. The van der Waals surface area contributed by atoms with Crippen molar-refractivity contribution in [3.63, 3.8) is 0 Å². The van der Waals surface area contributed by atoms with Gasteiger partial charge in [-0.05, 0) is 43.4 Å². The fourth-order valence-corrected chi connectivity index (χ4v) is 6.79. The molecule has 0 saturated carbocycles. The fraction of sp³-hybridized carbons (Fsp3) is 0.556. The number of ether oxygens (including phenoxy) is 3. The number of nitrogens with one attached hydrogen (secondary N) is 1. The number of hydrogen-bond acceptors (Lipinski definition) is 9. The molecular formula is C27H37N5O5S. The number of nitrogens with zero attached hydrogens (tertiary/aromatic N) is 4. The molecule has 206 valence electrons. The molecule has 5 rings (SSSR count). The average molecular weight is 544 g/mol. The molecule has 4 heterocycles. The van der Waals surface area contributed by atoms with Gasteiger partial charge in [-0.25, -0.2) is 23.3 Å². The molecule has 10 nitrogen and oxygen atoms in total. The molecule has 1 aromatic carbocycles. The Kier molecular flexibility index (Phi) is 8.90. The van der Waals surface area contributed by atoms with Gasteiger partial charge in [0.25, 0.3) is 0 Å². The second-order valence-corrected chi connectivity index (χ2v) is 11.6. The van der Waals surface area contributed by atoms with Crippen LogP contribution >= 0.6 is 0 Å². The Bertz CT molecular complexity index is 1080. The lowest BCUT2D eigenvalue weighted by molar-refractivity contribution is -0.191. The molecule has 0 bridgehead atoms. The highest BCUT2D eigenvalue weighted by Gasteiger charge is 2.45. The van der Waals surface area contributed by atoms with Crippen molar-refractivity contribution in [2.45, 2.75) is 43.1 Å². The molecule has 3 saturated heterocycles. The highest BCUT2D eigenvalue weighted by atomic mass is 32.2. The van der Waals surface area contributed by atoms with Gasteiger partial charge >= 0.3 is 0 Å². The first-order chi connectivity index (χ1) is 18.6. The minimum atomic E-state index is -1.30. The predicted octanol–water partition coefficient (Wildman–Crippen LogP) is 3.05. The maximum atomic E-state index is 14.0. The first kappa shape index (κ1) is 27.0. The van der Waals surface area contributed by atoms with E-state index in [2.05, 4.69) is 26.9 Å². The first-order valence-corrected chi connectivity index (χ1v) is 14.4. The largest absolute Gasteiger partial charge is 0.497 e. The number of hydrogen-bond donors (Lipinski definition) is 1. The SMILES string of the molecule is C=C(NOC1CCCCO1)C1(S(=O)N2CCN(c3ncc(-c4ccc(OC)cc4)cn3)CC2)CCOCC1. The van der Waals surface area contributed by atoms with Gasteiger partial charge in [-0.3, -0.25) is 5.48 Å². The van der Waals surface area contributed by atoms with E-state index in [0.29, 0.717) is 70.5 Å². The van der Waals surface area contributed by atoms with E-state index < -0.39 is 15.7 Å². The number of piperazine rings is 1. The number of methoxy groups -OCH3 is 1. The van der Waals surface area contributed by atoms with Crippen molar-refractivity contribution >= 4 is 16.9 Å². The number of aromatic nitrogens is 2. The minimum absolute atomic E-state index is 0.300. The summed E-state index contributed by atoms with van der Waals surface area (Å²) in [6.07, 6.45) is 7.59. The molecule has 2 unspecified atom stereocenters. The predicted molar refractivity (Wildman–Crippen MR) is 146 cm³/mol. The zero-order valence-corrected chi connectivity index (χ0v) is 22.8. The summed E-state index contributed by atoms with van der Waals surface area (Å²) in [6, 6.07) is 7.84. The van der Waals surface area contributed by atoms with Crippen molar-refractivity contribution in [2.24, 2.45) is 0 Å². The van der Waals surface area contributed by atoms with Crippen LogP contribution in [0.1, 0.15) is 32.1 Å². The smallest absolute Gasteiger partial charge is 0.225 e. The van der Waals surface area contributed by atoms with Gasteiger partial charge in [0.15, 0.2) is 6.29 Å². The summed E-state index contributed by atoms with van der Waals surface area (Å²) in [4.78, 5) is 17.2. The van der Waals surface area contributed by atoms with Gasteiger partial charge < -0.3 is 19.1 Å². The third-order valence-corrected chi connectivity index (χ3v) is 9.61. The van der Waals surface area contributed by atoms with Gasteiger partial charge in [-0.15, -0.1) is 0 Å². The highest BCUT2D eigenvalue weighted by Crippen LogP contribution is 2.35. The van der Waals surface area contributed by atoms with Gasteiger partial charge in [-0.2, -0.15) is 0 Å². The Morgan fingerprint density at radius 1 is 1.05 bits per heavy atom. The summed E-state index contributed by atoms with van der Waals surface area (Å²) in [5.74, 6) is 1.50. The molecule has 11 heteroatoms. The Hall–Kier alpha value is -2.57. The van der Waals surface area contributed by atoms with E-state index in [0.717, 1.165) is 36.1 Å². The molecule has 0 amide bonds. The van der Waals surface area contributed by atoms with Crippen molar-refractivity contribution in [1.82, 2.24) is 19.8 Å². The molecular weight excluding hydrogens is 506 g/mol. The summed E-state index contributed by atoms with van der Waals surface area (Å²) < 4.78 is 31.9. The molecule has 38 heavy (non-hydrogen) atoms. The van der Waals surface area contributed by atoms with E-state index in [4.69, 9.17) is 19.0 Å². The summed E-state index contributed by atoms with van der Waals surface area (Å²) in [5.41, 5.74) is 5.63. The zero-order chi connectivity index (χ0) is 26.4. The lowest BCUT2D eigenvalue weighted by atomic mass is 9.96. The molecule has 2 aromatic rings. The summed E-state index contributed by atoms with van der Waals surface area (Å²) in [5, 5.41) is 0. The van der Waals surface area contributed by atoms with Crippen LogP contribution in [0, 0.1) is 0 Å². The lowest BCUT2D eigenvalue weighted by Gasteiger charge is -2.43. The molecule has 3 aliphatic heterocycles. The van der Waals surface area contributed by atoms with Crippen LogP contribution in [0.5, 0.6) is 5.75 Å². The van der Waals surface area contributed by atoms with Crippen molar-refractivity contribution < 1.29 is 23.3 Å². The van der Waals surface area contributed by atoms with Crippen LogP contribution < -0.4 is 15.1 Å². The lowest BCUT2D eigenvalue weighted by Crippen LogP contribution is -2.56. The van der Waals surface area contributed by atoms with Crippen molar-refractivity contribution in [1.29, 1.82) is 0 Å². The minimum Gasteiger partial charge on any atom is -0.497 e. The standard InChI is InChI=1S/C27H37N5O5S/c1-21(30-37-25-5-3-4-16-36-25)27(10-17-35-18-11-27)38(33)32-14-12-31(13-15-32)26-28-19-23(20-29-26)22-6-8-24(34-2)9-7-22/h6-9,19-20,25,30H,1,3-5,10-18H2,2H3. The van der Waals surface area contributed by atoms with Crippen molar-refractivity contribution in [2.75, 3.05) is 58.0 Å². The van der Waals surface area contributed by atoms with Crippen LogP contribution in [0.4, 0.5) is 5.95 Å². The first-order valence-electron chi connectivity index (χ1n) is 13.3. The Morgan fingerprint density at radius 3 is 2.39 bits per heavy atom. The summed E-state index contributed by atoms with van der Waals surface area (Å²) in [6.45, 7) is 8.68. The van der Waals surface area contributed by atoms with E-state index in [1.165, 1.54) is 0 Å². The quantitative estimate of drug-likeness (QED) is 0.479. The molecule has 3 aliphatic rings. The van der Waals surface area contributed by atoms with Crippen LogP contribution in [0.2, 0.25) is 0 Å². The molecule has 1 aromatic heterocycles. The van der Waals surface area contributed by atoms with Crippen LogP contribution in [0.3, 0.4) is 0 Å². The molecule has 0 radical (unpaired) electrons. The molecule has 3 fully saturated rings. The van der Waals surface area contributed by atoms with Crippen LogP contribution in [-0.2, 0) is 25.3 Å². The van der Waals surface area contributed by atoms with E-state index >= 15 is 0 Å². The van der Waals surface area contributed by atoms with Gasteiger partial charge in [-0.1, -0.05) is 18.7 Å².